The first-order valence-corrected chi connectivity index (χ1v) is 7.66. The van der Waals surface area contributed by atoms with E-state index in [1.165, 1.54) is 35.8 Å². The summed E-state index contributed by atoms with van der Waals surface area (Å²) in [5, 5.41) is 3.67. The fraction of sp³-hybridized carbons (Fsp3) is 0.600. The van der Waals surface area contributed by atoms with Gasteiger partial charge in [0.15, 0.2) is 0 Å². The van der Waals surface area contributed by atoms with Crippen molar-refractivity contribution >= 4 is 15.9 Å². The van der Waals surface area contributed by atoms with E-state index in [0.717, 1.165) is 6.54 Å². The molecule has 3 heteroatoms. The van der Waals surface area contributed by atoms with Gasteiger partial charge in [-0.3, -0.25) is 0 Å². The van der Waals surface area contributed by atoms with E-state index in [1.807, 2.05) is 0 Å². The van der Waals surface area contributed by atoms with Gasteiger partial charge in [-0.15, -0.1) is 0 Å². The summed E-state index contributed by atoms with van der Waals surface area (Å²) in [6.07, 6.45) is 4.05. The largest absolute Gasteiger partial charge is 0.309 e. The molecular weight excluding hydrogens is 288 g/mol. The van der Waals surface area contributed by atoms with Crippen LogP contribution < -0.4 is 5.32 Å². The number of benzene rings is 1. The maximum atomic E-state index is 3.67. The van der Waals surface area contributed by atoms with Gasteiger partial charge in [0.25, 0.3) is 0 Å². The third-order valence-corrected chi connectivity index (χ3v) is 4.68. The first kappa shape index (κ1) is 14.0. The Bertz CT molecular complexity index is 381. The fourth-order valence-electron chi connectivity index (χ4n) is 2.65. The zero-order valence-corrected chi connectivity index (χ0v) is 12.9. The number of halogens is 1. The van der Waals surface area contributed by atoms with Crippen LogP contribution in [0.4, 0.5) is 0 Å². The lowest BCUT2D eigenvalue weighted by molar-refractivity contribution is 0.178. The lowest BCUT2D eigenvalue weighted by atomic mass is 10.0. The Morgan fingerprint density at radius 3 is 2.89 bits per heavy atom. The minimum Gasteiger partial charge on any atom is -0.309 e. The second-order valence-corrected chi connectivity index (χ2v) is 6.14. The SMILES string of the molecule is CC(NCC1CCCCN1C)c1ccccc1Br. The van der Waals surface area contributed by atoms with Crippen molar-refractivity contribution in [2.75, 3.05) is 20.1 Å². The third-order valence-electron chi connectivity index (χ3n) is 3.95. The average Bonchev–Trinajstić information content (AvgIpc) is 2.38. The summed E-state index contributed by atoms with van der Waals surface area (Å²) in [6.45, 7) is 4.57. The molecular formula is C15H23BrN2. The Balaban J connectivity index is 1.88. The molecule has 2 rings (SSSR count). The van der Waals surface area contributed by atoms with Gasteiger partial charge in [0, 0.05) is 23.1 Å². The van der Waals surface area contributed by atoms with Crippen LogP contribution in [0.3, 0.4) is 0 Å². The van der Waals surface area contributed by atoms with Gasteiger partial charge in [0.1, 0.15) is 0 Å². The van der Waals surface area contributed by atoms with Crippen molar-refractivity contribution in [2.24, 2.45) is 0 Å². The number of hydrogen-bond acceptors (Lipinski definition) is 2. The zero-order chi connectivity index (χ0) is 13.0. The standard InChI is InChI=1S/C15H23BrN2/c1-12(14-8-3-4-9-15(14)16)17-11-13-7-5-6-10-18(13)2/h3-4,8-9,12-13,17H,5-7,10-11H2,1-2H3. The quantitative estimate of drug-likeness (QED) is 0.914. The summed E-state index contributed by atoms with van der Waals surface area (Å²) in [5.74, 6) is 0. The van der Waals surface area contributed by atoms with Gasteiger partial charge in [-0.05, 0) is 45.0 Å². The molecule has 0 bridgehead atoms. The zero-order valence-electron chi connectivity index (χ0n) is 11.3. The van der Waals surface area contributed by atoms with Crippen molar-refractivity contribution < 1.29 is 0 Å². The van der Waals surface area contributed by atoms with Crippen molar-refractivity contribution in [1.29, 1.82) is 0 Å². The summed E-state index contributed by atoms with van der Waals surface area (Å²) in [4.78, 5) is 2.49. The van der Waals surface area contributed by atoms with E-state index < -0.39 is 0 Å². The highest BCUT2D eigenvalue weighted by Gasteiger charge is 2.19. The monoisotopic (exact) mass is 310 g/mol. The molecule has 0 aliphatic carbocycles. The van der Waals surface area contributed by atoms with Crippen LogP contribution in [-0.4, -0.2) is 31.1 Å². The molecule has 2 atom stereocenters. The van der Waals surface area contributed by atoms with E-state index in [9.17, 15) is 0 Å². The van der Waals surface area contributed by atoms with Gasteiger partial charge in [-0.2, -0.15) is 0 Å². The number of hydrogen-bond donors (Lipinski definition) is 1. The molecule has 1 saturated heterocycles. The molecule has 1 aromatic rings. The van der Waals surface area contributed by atoms with Crippen LogP contribution in [0.25, 0.3) is 0 Å². The van der Waals surface area contributed by atoms with Gasteiger partial charge in [0.05, 0.1) is 0 Å². The van der Waals surface area contributed by atoms with E-state index in [2.05, 4.69) is 64.4 Å². The molecule has 1 aromatic carbocycles. The Hall–Kier alpha value is -0.380. The van der Waals surface area contributed by atoms with Crippen LogP contribution in [-0.2, 0) is 0 Å². The van der Waals surface area contributed by atoms with Crippen LogP contribution >= 0.6 is 15.9 Å². The second kappa shape index (κ2) is 6.69. The first-order chi connectivity index (χ1) is 8.68. The minimum absolute atomic E-state index is 0.399. The normalized spacial score (nSPS) is 22.9. The van der Waals surface area contributed by atoms with E-state index in [1.54, 1.807) is 0 Å². The van der Waals surface area contributed by atoms with E-state index in [0.29, 0.717) is 12.1 Å². The third kappa shape index (κ3) is 3.56. The highest BCUT2D eigenvalue weighted by molar-refractivity contribution is 9.10. The molecule has 2 unspecified atom stereocenters. The maximum absolute atomic E-state index is 3.67. The van der Waals surface area contributed by atoms with E-state index in [-0.39, 0.29) is 0 Å². The van der Waals surface area contributed by atoms with Crippen LogP contribution in [0, 0.1) is 0 Å². The highest BCUT2D eigenvalue weighted by atomic mass is 79.9. The lowest BCUT2D eigenvalue weighted by Gasteiger charge is -2.33. The van der Waals surface area contributed by atoms with Gasteiger partial charge >= 0.3 is 0 Å². The summed E-state index contributed by atoms with van der Waals surface area (Å²) >= 11 is 3.62. The van der Waals surface area contributed by atoms with Crippen LogP contribution in [0.15, 0.2) is 28.7 Å². The molecule has 0 aromatic heterocycles. The number of nitrogens with zero attached hydrogens (tertiary/aromatic N) is 1. The maximum Gasteiger partial charge on any atom is 0.0303 e. The van der Waals surface area contributed by atoms with Crippen LogP contribution in [0.5, 0.6) is 0 Å². The molecule has 0 amide bonds. The molecule has 1 aliphatic rings. The first-order valence-electron chi connectivity index (χ1n) is 6.86. The highest BCUT2D eigenvalue weighted by Crippen LogP contribution is 2.23. The number of rotatable bonds is 4. The van der Waals surface area contributed by atoms with Gasteiger partial charge in [-0.25, -0.2) is 0 Å². The lowest BCUT2D eigenvalue weighted by Crippen LogP contribution is -2.43. The molecule has 0 saturated carbocycles. The van der Waals surface area contributed by atoms with Crippen LogP contribution in [0.2, 0.25) is 0 Å². The number of likely N-dealkylation sites (N-methyl/N-ethyl adjacent to an activating group) is 1. The molecule has 1 heterocycles. The average molecular weight is 311 g/mol. The fourth-order valence-corrected chi connectivity index (χ4v) is 3.28. The van der Waals surface area contributed by atoms with Gasteiger partial charge in [0.2, 0.25) is 0 Å². The van der Waals surface area contributed by atoms with Crippen molar-refractivity contribution in [3.63, 3.8) is 0 Å². The summed E-state index contributed by atoms with van der Waals surface area (Å²) in [5.41, 5.74) is 1.34. The molecule has 100 valence electrons. The van der Waals surface area contributed by atoms with Gasteiger partial charge < -0.3 is 10.2 Å². The molecule has 2 nitrogen and oxygen atoms in total. The molecule has 1 aliphatic heterocycles. The Morgan fingerprint density at radius 1 is 1.39 bits per heavy atom. The molecule has 18 heavy (non-hydrogen) atoms. The summed E-state index contributed by atoms with van der Waals surface area (Å²) < 4.78 is 1.20. The van der Waals surface area contributed by atoms with Gasteiger partial charge in [-0.1, -0.05) is 40.5 Å². The van der Waals surface area contributed by atoms with Crippen molar-refractivity contribution in [3.8, 4) is 0 Å². The Morgan fingerprint density at radius 2 is 2.17 bits per heavy atom. The number of piperidine rings is 1. The molecule has 0 spiro atoms. The Kier molecular flexibility index (Phi) is 5.22. The molecule has 1 fully saturated rings. The van der Waals surface area contributed by atoms with Crippen LogP contribution in [0.1, 0.15) is 37.8 Å². The Labute approximate surface area is 119 Å². The summed E-state index contributed by atoms with van der Waals surface area (Å²) in [7, 11) is 2.24. The van der Waals surface area contributed by atoms with E-state index in [4.69, 9.17) is 0 Å². The molecule has 1 N–H and O–H groups in total. The number of nitrogens with one attached hydrogen (secondary N) is 1. The van der Waals surface area contributed by atoms with E-state index >= 15 is 0 Å². The number of likely N-dealkylation sites (tertiary alicyclic amines) is 1. The van der Waals surface area contributed by atoms with Crippen molar-refractivity contribution in [1.82, 2.24) is 10.2 Å². The predicted octanol–water partition coefficient (Wildman–Crippen LogP) is 3.58. The second-order valence-electron chi connectivity index (χ2n) is 5.28. The predicted molar refractivity (Wildman–Crippen MR) is 80.8 cm³/mol. The topological polar surface area (TPSA) is 15.3 Å². The van der Waals surface area contributed by atoms with Crippen molar-refractivity contribution in [2.45, 2.75) is 38.3 Å². The molecule has 0 radical (unpaired) electrons. The smallest absolute Gasteiger partial charge is 0.0303 e. The minimum atomic E-state index is 0.399. The summed E-state index contributed by atoms with van der Waals surface area (Å²) in [6, 6.07) is 9.56. The van der Waals surface area contributed by atoms with Crippen molar-refractivity contribution in [3.05, 3.63) is 34.3 Å².